The van der Waals surface area contributed by atoms with E-state index in [-0.39, 0.29) is 16.5 Å². The molecule has 1 heterocycles. The zero-order valence-corrected chi connectivity index (χ0v) is 16.1. The number of nitrogens with one attached hydrogen (secondary N) is 3. The first kappa shape index (κ1) is 20.1. The molecule has 1 saturated heterocycles. The molecule has 0 unspecified atom stereocenters. The fourth-order valence-corrected chi connectivity index (χ4v) is 4.60. The van der Waals surface area contributed by atoms with Crippen LogP contribution in [0.25, 0.3) is 0 Å². The standard InChI is InChI=1S/C18H17ClFN3O4S/c19-15-9-13(5-6-16(15)20)21-17(24)11-1-3-12(4-2-11)22-18(25)23-14-7-8-28(26,27)10-14/h1-6,9,14H,7-8,10H2,(H,21,24)(H2,22,23,25)/t14-/m0/s1. The van der Waals surface area contributed by atoms with Gasteiger partial charge >= 0.3 is 6.03 Å². The van der Waals surface area contributed by atoms with Gasteiger partial charge < -0.3 is 16.0 Å². The molecule has 3 rings (SSSR count). The zero-order valence-electron chi connectivity index (χ0n) is 14.5. The molecule has 2 aromatic rings. The normalized spacial score (nSPS) is 17.7. The Balaban J connectivity index is 1.56. The summed E-state index contributed by atoms with van der Waals surface area (Å²) in [7, 11) is -3.08. The molecule has 0 saturated carbocycles. The lowest BCUT2D eigenvalue weighted by Gasteiger charge is -2.12. The minimum atomic E-state index is -3.08. The van der Waals surface area contributed by atoms with Gasteiger partial charge in [0.25, 0.3) is 5.91 Å². The van der Waals surface area contributed by atoms with E-state index in [0.29, 0.717) is 23.4 Å². The molecule has 1 atom stereocenters. The number of urea groups is 1. The average molecular weight is 426 g/mol. The van der Waals surface area contributed by atoms with Crippen molar-refractivity contribution in [3.8, 4) is 0 Å². The molecule has 10 heteroatoms. The van der Waals surface area contributed by atoms with Gasteiger partial charge in [0.2, 0.25) is 0 Å². The van der Waals surface area contributed by atoms with Gasteiger partial charge in [0.15, 0.2) is 9.84 Å². The van der Waals surface area contributed by atoms with Crippen LogP contribution in [-0.2, 0) is 9.84 Å². The Kier molecular flexibility index (Phi) is 5.85. The molecule has 3 amide bonds. The molecule has 1 fully saturated rings. The van der Waals surface area contributed by atoms with Crippen LogP contribution in [-0.4, -0.2) is 37.9 Å². The molecule has 148 valence electrons. The van der Waals surface area contributed by atoms with E-state index in [4.69, 9.17) is 11.6 Å². The third kappa shape index (κ3) is 5.20. The smallest absolute Gasteiger partial charge is 0.319 e. The maximum atomic E-state index is 13.2. The van der Waals surface area contributed by atoms with Crippen molar-refractivity contribution in [2.75, 3.05) is 22.1 Å². The van der Waals surface area contributed by atoms with E-state index in [1.165, 1.54) is 36.4 Å². The van der Waals surface area contributed by atoms with Crippen LogP contribution in [0.4, 0.5) is 20.6 Å². The third-order valence-corrected chi connectivity index (χ3v) is 6.21. The monoisotopic (exact) mass is 425 g/mol. The minimum absolute atomic E-state index is 0.0626. The van der Waals surface area contributed by atoms with Crippen LogP contribution in [0, 0.1) is 5.82 Å². The van der Waals surface area contributed by atoms with Gasteiger partial charge in [-0.2, -0.15) is 0 Å². The van der Waals surface area contributed by atoms with E-state index < -0.39 is 33.6 Å². The molecule has 0 radical (unpaired) electrons. The molecule has 0 spiro atoms. The summed E-state index contributed by atoms with van der Waals surface area (Å²) in [6.07, 6.45) is 0.391. The lowest BCUT2D eigenvalue weighted by atomic mass is 10.2. The second-order valence-electron chi connectivity index (χ2n) is 6.36. The Labute approximate surface area is 166 Å². The maximum Gasteiger partial charge on any atom is 0.319 e. The Morgan fingerprint density at radius 3 is 2.32 bits per heavy atom. The van der Waals surface area contributed by atoms with Gasteiger partial charge in [-0.1, -0.05) is 11.6 Å². The number of rotatable bonds is 4. The van der Waals surface area contributed by atoms with E-state index in [1.54, 1.807) is 0 Å². The SMILES string of the molecule is O=C(Nc1ccc(C(=O)Nc2ccc(F)c(Cl)c2)cc1)N[C@H]1CCS(=O)(=O)C1. The topological polar surface area (TPSA) is 104 Å². The molecule has 0 aliphatic carbocycles. The Morgan fingerprint density at radius 2 is 1.71 bits per heavy atom. The van der Waals surface area contributed by atoms with E-state index >= 15 is 0 Å². The van der Waals surface area contributed by atoms with E-state index in [1.807, 2.05) is 0 Å². The number of halogens is 2. The molecule has 1 aliphatic heterocycles. The number of amides is 3. The number of hydrogen-bond acceptors (Lipinski definition) is 4. The third-order valence-electron chi connectivity index (χ3n) is 4.15. The number of carbonyl (C=O) groups is 2. The fraction of sp³-hybridized carbons (Fsp3) is 0.222. The first-order chi connectivity index (χ1) is 13.2. The highest BCUT2D eigenvalue weighted by atomic mass is 35.5. The van der Waals surface area contributed by atoms with Gasteiger partial charge in [0.05, 0.1) is 16.5 Å². The summed E-state index contributed by atoms with van der Waals surface area (Å²) in [5.41, 5.74) is 1.12. The Hall–Kier alpha value is -2.65. The lowest BCUT2D eigenvalue weighted by Crippen LogP contribution is -2.38. The molecule has 7 nitrogen and oxygen atoms in total. The molecule has 28 heavy (non-hydrogen) atoms. The van der Waals surface area contributed by atoms with Crippen LogP contribution in [0.1, 0.15) is 16.8 Å². The minimum Gasteiger partial charge on any atom is -0.334 e. The molecule has 0 aromatic heterocycles. The van der Waals surface area contributed by atoms with Crippen molar-refractivity contribution in [2.24, 2.45) is 0 Å². The van der Waals surface area contributed by atoms with Crippen LogP contribution in [0.5, 0.6) is 0 Å². The highest BCUT2D eigenvalue weighted by Gasteiger charge is 2.28. The van der Waals surface area contributed by atoms with Crippen LogP contribution in [0.3, 0.4) is 0 Å². The zero-order chi connectivity index (χ0) is 20.3. The number of hydrogen-bond donors (Lipinski definition) is 3. The Bertz CT molecular complexity index is 1010. The van der Waals surface area contributed by atoms with Crippen molar-refractivity contribution >= 4 is 44.8 Å². The summed E-state index contributed by atoms with van der Waals surface area (Å²) in [6, 6.07) is 9.03. The summed E-state index contributed by atoms with van der Waals surface area (Å²) in [5, 5.41) is 7.70. The predicted octanol–water partition coefficient (Wildman–Crippen LogP) is 3.04. The van der Waals surface area contributed by atoms with E-state index in [0.717, 1.165) is 6.07 Å². The van der Waals surface area contributed by atoms with Crippen LogP contribution < -0.4 is 16.0 Å². The van der Waals surface area contributed by atoms with Gasteiger partial charge in [-0.3, -0.25) is 4.79 Å². The average Bonchev–Trinajstić information content (AvgIpc) is 2.97. The van der Waals surface area contributed by atoms with Crippen molar-refractivity contribution in [2.45, 2.75) is 12.5 Å². The summed E-state index contributed by atoms with van der Waals surface area (Å²) in [4.78, 5) is 24.2. The number of carbonyl (C=O) groups excluding carboxylic acids is 2. The quantitative estimate of drug-likeness (QED) is 0.700. The molecule has 0 bridgehead atoms. The van der Waals surface area contributed by atoms with Gasteiger partial charge in [-0.05, 0) is 48.9 Å². The number of sulfone groups is 1. The maximum absolute atomic E-state index is 13.2. The predicted molar refractivity (Wildman–Crippen MR) is 105 cm³/mol. The highest BCUT2D eigenvalue weighted by Crippen LogP contribution is 2.20. The van der Waals surface area contributed by atoms with Crippen LogP contribution in [0.15, 0.2) is 42.5 Å². The summed E-state index contributed by atoms with van der Waals surface area (Å²) in [5.74, 6) is -0.994. The van der Waals surface area contributed by atoms with Gasteiger partial charge in [0.1, 0.15) is 5.82 Å². The summed E-state index contributed by atoms with van der Waals surface area (Å²) in [6.45, 7) is 0. The first-order valence-corrected chi connectivity index (χ1v) is 10.6. The number of benzene rings is 2. The van der Waals surface area contributed by atoms with Crippen molar-refractivity contribution in [3.63, 3.8) is 0 Å². The largest absolute Gasteiger partial charge is 0.334 e. The second kappa shape index (κ2) is 8.15. The van der Waals surface area contributed by atoms with E-state index in [9.17, 15) is 22.4 Å². The number of anilines is 2. The van der Waals surface area contributed by atoms with Gasteiger partial charge in [-0.25, -0.2) is 17.6 Å². The Morgan fingerprint density at radius 1 is 1.04 bits per heavy atom. The lowest BCUT2D eigenvalue weighted by molar-refractivity contribution is 0.102. The van der Waals surface area contributed by atoms with Gasteiger partial charge in [0, 0.05) is 23.0 Å². The van der Waals surface area contributed by atoms with Crippen molar-refractivity contribution < 1.29 is 22.4 Å². The fourth-order valence-electron chi connectivity index (χ4n) is 2.74. The van der Waals surface area contributed by atoms with Crippen molar-refractivity contribution in [1.82, 2.24) is 5.32 Å². The van der Waals surface area contributed by atoms with Crippen LogP contribution in [0.2, 0.25) is 5.02 Å². The van der Waals surface area contributed by atoms with Crippen molar-refractivity contribution in [3.05, 3.63) is 58.9 Å². The molecular weight excluding hydrogens is 409 g/mol. The summed E-state index contributed by atoms with van der Waals surface area (Å²) < 4.78 is 36.0. The van der Waals surface area contributed by atoms with Crippen molar-refractivity contribution in [1.29, 1.82) is 0 Å². The second-order valence-corrected chi connectivity index (χ2v) is 8.99. The van der Waals surface area contributed by atoms with Gasteiger partial charge in [-0.15, -0.1) is 0 Å². The van der Waals surface area contributed by atoms with Crippen LogP contribution >= 0.6 is 11.6 Å². The summed E-state index contributed by atoms with van der Waals surface area (Å²) >= 11 is 5.68. The molecule has 2 aromatic carbocycles. The molecule has 3 N–H and O–H groups in total. The molecular formula is C18H17ClFN3O4S. The molecule has 1 aliphatic rings. The highest BCUT2D eigenvalue weighted by molar-refractivity contribution is 7.91. The van der Waals surface area contributed by atoms with E-state index in [2.05, 4.69) is 16.0 Å². The first-order valence-electron chi connectivity index (χ1n) is 8.36.